The van der Waals surface area contributed by atoms with Gasteiger partial charge in [-0.1, -0.05) is 29.8 Å². The first-order valence-corrected chi connectivity index (χ1v) is 8.23. The summed E-state index contributed by atoms with van der Waals surface area (Å²) in [7, 11) is -1.71. The van der Waals surface area contributed by atoms with Crippen LogP contribution < -0.4 is 0 Å². The number of hydrogen-bond acceptors (Lipinski definition) is 3. The van der Waals surface area contributed by atoms with Crippen LogP contribution in [0, 0.1) is 5.92 Å². The summed E-state index contributed by atoms with van der Waals surface area (Å²) in [6.45, 7) is 1.88. The summed E-state index contributed by atoms with van der Waals surface area (Å²) < 4.78 is 31.2. The lowest BCUT2D eigenvalue weighted by atomic mass is 10.1. The maximum atomic E-state index is 12.3. The first-order valence-electron chi connectivity index (χ1n) is 6.24. The number of ether oxygens (including phenoxy) is 1. The number of benzene rings is 1. The molecule has 1 aliphatic heterocycles. The Morgan fingerprint density at radius 2 is 2.16 bits per heavy atom. The lowest BCUT2D eigenvalue weighted by molar-refractivity contribution is 0.182. The molecule has 0 saturated carbocycles. The Hall–Kier alpha value is -0.620. The summed E-state index contributed by atoms with van der Waals surface area (Å²) in [4.78, 5) is 0. The zero-order valence-corrected chi connectivity index (χ0v) is 12.5. The van der Waals surface area contributed by atoms with Crippen molar-refractivity contribution >= 4 is 21.6 Å². The van der Waals surface area contributed by atoms with E-state index in [2.05, 4.69) is 0 Å². The van der Waals surface area contributed by atoms with Crippen LogP contribution in [0.15, 0.2) is 24.3 Å². The number of rotatable bonds is 5. The van der Waals surface area contributed by atoms with Crippen molar-refractivity contribution in [3.63, 3.8) is 0 Å². The SMILES string of the molecule is CN(CC1CCOC1)S(=O)(=O)Cc1ccccc1Cl. The highest BCUT2D eigenvalue weighted by atomic mass is 35.5. The molecule has 0 aromatic heterocycles. The Bertz CT molecular complexity index is 526. The van der Waals surface area contributed by atoms with Crippen LogP contribution in [0.5, 0.6) is 0 Å². The van der Waals surface area contributed by atoms with Gasteiger partial charge in [-0.05, 0) is 24.0 Å². The fourth-order valence-electron chi connectivity index (χ4n) is 2.13. The van der Waals surface area contributed by atoms with Gasteiger partial charge in [0, 0.05) is 25.2 Å². The predicted octanol–water partition coefficient (Wildman–Crippen LogP) is 2.14. The van der Waals surface area contributed by atoms with Crippen molar-refractivity contribution in [1.29, 1.82) is 0 Å². The fraction of sp³-hybridized carbons (Fsp3) is 0.538. The molecule has 6 heteroatoms. The third-order valence-corrected chi connectivity index (χ3v) is 5.45. The lowest BCUT2D eigenvalue weighted by Gasteiger charge is -2.20. The highest BCUT2D eigenvalue weighted by Gasteiger charge is 2.25. The minimum Gasteiger partial charge on any atom is -0.381 e. The third-order valence-electron chi connectivity index (χ3n) is 3.31. The molecule has 0 aliphatic carbocycles. The van der Waals surface area contributed by atoms with E-state index in [1.54, 1.807) is 31.3 Å². The molecule has 1 atom stereocenters. The first kappa shape index (κ1) is 14.8. The fourth-order valence-corrected chi connectivity index (χ4v) is 3.71. The van der Waals surface area contributed by atoms with E-state index in [-0.39, 0.29) is 5.75 Å². The van der Waals surface area contributed by atoms with Gasteiger partial charge in [-0.3, -0.25) is 0 Å². The molecule has 0 spiro atoms. The van der Waals surface area contributed by atoms with Crippen molar-refractivity contribution in [2.24, 2.45) is 5.92 Å². The van der Waals surface area contributed by atoms with E-state index in [0.29, 0.717) is 29.7 Å². The smallest absolute Gasteiger partial charge is 0.218 e. The zero-order valence-electron chi connectivity index (χ0n) is 10.9. The maximum Gasteiger partial charge on any atom is 0.218 e. The number of sulfonamides is 1. The largest absolute Gasteiger partial charge is 0.381 e. The number of halogens is 1. The molecular formula is C13H18ClNO3S. The third kappa shape index (κ3) is 3.92. The van der Waals surface area contributed by atoms with E-state index in [4.69, 9.17) is 16.3 Å². The van der Waals surface area contributed by atoms with Gasteiger partial charge in [-0.25, -0.2) is 12.7 Å². The van der Waals surface area contributed by atoms with Crippen molar-refractivity contribution in [3.05, 3.63) is 34.9 Å². The zero-order chi connectivity index (χ0) is 13.9. The molecule has 1 saturated heterocycles. The van der Waals surface area contributed by atoms with E-state index >= 15 is 0 Å². The predicted molar refractivity (Wildman–Crippen MR) is 75.6 cm³/mol. The van der Waals surface area contributed by atoms with Gasteiger partial charge in [0.1, 0.15) is 0 Å². The van der Waals surface area contributed by atoms with Crippen molar-refractivity contribution in [3.8, 4) is 0 Å². The molecule has 1 aromatic rings. The topological polar surface area (TPSA) is 46.6 Å². The second-order valence-electron chi connectivity index (χ2n) is 4.86. The van der Waals surface area contributed by atoms with Crippen LogP contribution in [-0.2, 0) is 20.5 Å². The number of nitrogens with zero attached hydrogens (tertiary/aromatic N) is 1. The van der Waals surface area contributed by atoms with Crippen LogP contribution in [0.4, 0.5) is 0 Å². The molecule has 1 heterocycles. The van der Waals surface area contributed by atoms with E-state index in [1.807, 2.05) is 0 Å². The molecule has 19 heavy (non-hydrogen) atoms. The van der Waals surface area contributed by atoms with Gasteiger partial charge in [0.15, 0.2) is 0 Å². The summed E-state index contributed by atoms with van der Waals surface area (Å²) in [5.74, 6) is 0.238. The molecule has 2 rings (SSSR count). The molecule has 0 bridgehead atoms. The Balaban J connectivity index is 2.03. The summed E-state index contributed by atoms with van der Waals surface area (Å²) in [6, 6.07) is 7.03. The van der Waals surface area contributed by atoms with Crippen molar-refractivity contribution < 1.29 is 13.2 Å². The maximum absolute atomic E-state index is 12.3. The average molecular weight is 304 g/mol. The Kier molecular flexibility index (Phi) is 4.84. The van der Waals surface area contributed by atoms with Crippen LogP contribution >= 0.6 is 11.6 Å². The van der Waals surface area contributed by atoms with Crippen molar-refractivity contribution in [2.75, 3.05) is 26.8 Å². The Morgan fingerprint density at radius 1 is 1.42 bits per heavy atom. The Labute approximate surface area is 119 Å². The second kappa shape index (κ2) is 6.22. The number of hydrogen-bond donors (Lipinski definition) is 0. The van der Waals surface area contributed by atoms with Crippen LogP contribution in [0.2, 0.25) is 5.02 Å². The lowest BCUT2D eigenvalue weighted by Crippen LogP contribution is -2.33. The molecular weight excluding hydrogens is 286 g/mol. The van der Waals surface area contributed by atoms with Crippen molar-refractivity contribution in [1.82, 2.24) is 4.31 Å². The summed E-state index contributed by atoms with van der Waals surface area (Å²) in [6.07, 6.45) is 0.923. The van der Waals surface area contributed by atoms with E-state index in [0.717, 1.165) is 13.0 Å². The van der Waals surface area contributed by atoms with Crippen LogP contribution in [0.1, 0.15) is 12.0 Å². The molecule has 1 unspecified atom stereocenters. The molecule has 0 amide bonds. The van der Waals surface area contributed by atoms with Gasteiger partial charge in [0.05, 0.1) is 12.4 Å². The molecule has 106 valence electrons. The first-order chi connectivity index (χ1) is 8.99. The molecule has 0 N–H and O–H groups in total. The quantitative estimate of drug-likeness (QED) is 0.837. The normalized spacial score (nSPS) is 20.1. The molecule has 1 aromatic carbocycles. The van der Waals surface area contributed by atoms with Crippen LogP contribution in [0.25, 0.3) is 0 Å². The van der Waals surface area contributed by atoms with Crippen molar-refractivity contribution in [2.45, 2.75) is 12.2 Å². The van der Waals surface area contributed by atoms with Crippen LogP contribution in [0.3, 0.4) is 0 Å². The second-order valence-corrected chi connectivity index (χ2v) is 7.34. The summed E-state index contributed by atoms with van der Waals surface area (Å²) in [5.41, 5.74) is 0.638. The van der Waals surface area contributed by atoms with Gasteiger partial charge < -0.3 is 4.74 Å². The minimum atomic E-state index is -3.33. The monoisotopic (exact) mass is 303 g/mol. The molecule has 1 aliphatic rings. The van der Waals surface area contributed by atoms with Gasteiger partial charge in [-0.2, -0.15) is 0 Å². The van der Waals surface area contributed by atoms with E-state index < -0.39 is 10.0 Å². The highest BCUT2D eigenvalue weighted by molar-refractivity contribution is 7.88. The van der Waals surface area contributed by atoms with E-state index in [1.165, 1.54) is 4.31 Å². The molecule has 0 radical (unpaired) electrons. The molecule has 4 nitrogen and oxygen atoms in total. The molecule has 1 fully saturated rings. The minimum absolute atomic E-state index is 0.0588. The van der Waals surface area contributed by atoms with Gasteiger partial charge in [-0.15, -0.1) is 0 Å². The van der Waals surface area contributed by atoms with E-state index in [9.17, 15) is 8.42 Å². The highest BCUT2D eigenvalue weighted by Crippen LogP contribution is 2.21. The summed E-state index contributed by atoms with van der Waals surface area (Å²) in [5, 5.41) is 0.490. The Morgan fingerprint density at radius 3 is 2.79 bits per heavy atom. The average Bonchev–Trinajstić information content (AvgIpc) is 2.84. The van der Waals surface area contributed by atoms with Crippen LogP contribution in [-0.4, -0.2) is 39.5 Å². The van der Waals surface area contributed by atoms with Gasteiger partial charge in [0.25, 0.3) is 0 Å². The van der Waals surface area contributed by atoms with Gasteiger partial charge >= 0.3 is 0 Å². The standard InChI is InChI=1S/C13H18ClNO3S/c1-15(8-11-6-7-18-9-11)19(16,17)10-12-4-2-3-5-13(12)14/h2-5,11H,6-10H2,1H3. The summed E-state index contributed by atoms with van der Waals surface area (Å²) >= 11 is 6.00. The van der Waals surface area contributed by atoms with Gasteiger partial charge in [0.2, 0.25) is 10.0 Å².